The number of halogens is 2. The third-order valence-corrected chi connectivity index (χ3v) is 7.89. The fourth-order valence-electron chi connectivity index (χ4n) is 4.23. The molecule has 0 radical (unpaired) electrons. The van der Waals surface area contributed by atoms with E-state index in [1.54, 1.807) is 48.6 Å². The first-order valence-electron chi connectivity index (χ1n) is 12.3. The van der Waals surface area contributed by atoms with Gasteiger partial charge in [-0.1, -0.05) is 53.5 Å². The van der Waals surface area contributed by atoms with Crippen molar-refractivity contribution in [3.63, 3.8) is 0 Å². The van der Waals surface area contributed by atoms with Gasteiger partial charge >= 0.3 is 5.97 Å². The molecule has 2 aromatic heterocycles. The largest absolute Gasteiger partial charge is 0.489 e. The van der Waals surface area contributed by atoms with E-state index in [2.05, 4.69) is 24.2 Å². The molecule has 0 saturated heterocycles. The molecule has 0 bridgehead atoms. The summed E-state index contributed by atoms with van der Waals surface area (Å²) in [5, 5.41) is 6.40. The van der Waals surface area contributed by atoms with E-state index < -0.39 is 0 Å². The maximum atomic E-state index is 12.0. The summed E-state index contributed by atoms with van der Waals surface area (Å²) in [6, 6.07) is 21.0. The minimum atomic E-state index is -0.313. The van der Waals surface area contributed by atoms with Crippen LogP contribution in [-0.2, 0) is 17.8 Å². The summed E-state index contributed by atoms with van der Waals surface area (Å²) in [5.41, 5.74) is 3.67. The van der Waals surface area contributed by atoms with Crippen molar-refractivity contribution in [1.82, 2.24) is 5.16 Å². The van der Waals surface area contributed by atoms with Gasteiger partial charge in [0.1, 0.15) is 23.8 Å². The zero-order valence-corrected chi connectivity index (χ0v) is 23.3. The van der Waals surface area contributed by atoms with Gasteiger partial charge in [0.15, 0.2) is 0 Å². The fraction of sp³-hybridized carbons (Fsp3) is 0.200. The van der Waals surface area contributed by atoms with Crippen molar-refractivity contribution < 1.29 is 18.8 Å². The quantitative estimate of drug-likeness (QED) is 0.167. The highest BCUT2D eigenvalue weighted by Gasteiger charge is 2.22. The Balaban J connectivity index is 1.39. The summed E-state index contributed by atoms with van der Waals surface area (Å²) in [5.74, 6) is 1.19. The van der Waals surface area contributed by atoms with Crippen LogP contribution in [0.15, 0.2) is 71.3 Å². The van der Waals surface area contributed by atoms with Crippen molar-refractivity contribution in [2.45, 2.75) is 33.3 Å². The SMILES string of the molecule is CCCc1onc(-c2c(Cl)cccc2Cl)c1COc1ccc2sc(-c3ccc(C(=O)OCC)cc3)cc2c1. The van der Waals surface area contributed by atoms with Crippen LogP contribution in [-0.4, -0.2) is 17.7 Å². The predicted molar refractivity (Wildman–Crippen MR) is 154 cm³/mol. The van der Waals surface area contributed by atoms with E-state index in [4.69, 9.17) is 37.2 Å². The van der Waals surface area contributed by atoms with Crippen molar-refractivity contribution in [3.05, 3.63) is 93.7 Å². The topological polar surface area (TPSA) is 61.6 Å². The molecule has 0 saturated carbocycles. The van der Waals surface area contributed by atoms with Crippen molar-refractivity contribution in [2.24, 2.45) is 0 Å². The number of thiophene rings is 1. The zero-order chi connectivity index (χ0) is 26.6. The molecule has 0 atom stereocenters. The minimum Gasteiger partial charge on any atom is -0.489 e. The molecule has 0 aliphatic rings. The Morgan fingerprint density at radius 2 is 1.76 bits per heavy atom. The third kappa shape index (κ3) is 5.44. The predicted octanol–water partition coefficient (Wildman–Crippen LogP) is 9.24. The van der Waals surface area contributed by atoms with Crippen LogP contribution >= 0.6 is 34.5 Å². The zero-order valence-electron chi connectivity index (χ0n) is 20.9. The molecule has 8 heteroatoms. The number of rotatable bonds is 9. The lowest BCUT2D eigenvalue weighted by atomic mass is 10.0. The van der Waals surface area contributed by atoms with Crippen LogP contribution in [0.3, 0.4) is 0 Å². The molecule has 38 heavy (non-hydrogen) atoms. The van der Waals surface area contributed by atoms with Crippen LogP contribution in [0.5, 0.6) is 5.75 Å². The van der Waals surface area contributed by atoms with Gasteiger partial charge in [0.05, 0.1) is 27.8 Å². The Morgan fingerprint density at radius 1 is 1.00 bits per heavy atom. The van der Waals surface area contributed by atoms with Crippen LogP contribution in [0, 0.1) is 0 Å². The lowest BCUT2D eigenvalue weighted by molar-refractivity contribution is 0.0526. The lowest BCUT2D eigenvalue weighted by Gasteiger charge is -2.09. The van der Waals surface area contributed by atoms with Crippen molar-refractivity contribution in [3.8, 4) is 27.4 Å². The number of hydrogen-bond donors (Lipinski definition) is 0. The van der Waals surface area contributed by atoms with Crippen LogP contribution in [0.2, 0.25) is 10.0 Å². The Hall–Kier alpha value is -3.32. The van der Waals surface area contributed by atoms with Crippen molar-refractivity contribution >= 4 is 50.6 Å². The summed E-state index contributed by atoms with van der Waals surface area (Å²) in [6.07, 6.45) is 1.64. The van der Waals surface area contributed by atoms with Gasteiger partial charge in [-0.15, -0.1) is 11.3 Å². The van der Waals surface area contributed by atoms with Gasteiger partial charge in [-0.2, -0.15) is 0 Å². The summed E-state index contributed by atoms with van der Waals surface area (Å²) in [7, 11) is 0. The van der Waals surface area contributed by atoms with Gasteiger partial charge in [0, 0.05) is 21.6 Å². The maximum absolute atomic E-state index is 12.0. The Kier molecular flexibility index (Phi) is 8.03. The number of fused-ring (bicyclic) bond motifs is 1. The first-order valence-corrected chi connectivity index (χ1v) is 13.9. The van der Waals surface area contributed by atoms with E-state index in [1.165, 1.54) is 0 Å². The average molecular weight is 567 g/mol. The molecule has 194 valence electrons. The number of aryl methyl sites for hydroxylation is 1. The number of carbonyl (C=O) groups excluding carboxylic acids is 1. The first-order chi connectivity index (χ1) is 18.5. The smallest absolute Gasteiger partial charge is 0.338 e. The number of carbonyl (C=O) groups is 1. The first kappa shape index (κ1) is 26.3. The highest BCUT2D eigenvalue weighted by atomic mass is 35.5. The summed E-state index contributed by atoms with van der Waals surface area (Å²) >= 11 is 14.6. The molecule has 0 N–H and O–H groups in total. The molecule has 0 aliphatic heterocycles. The van der Waals surface area contributed by atoms with Crippen LogP contribution < -0.4 is 4.74 Å². The second-order valence-electron chi connectivity index (χ2n) is 8.68. The number of nitrogens with zero attached hydrogens (tertiary/aromatic N) is 1. The van der Waals surface area contributed by atoms with E-state index in [9.17, 15) is 4.79 Å². The summed E-state index contributed by atoms with van der Waals surface area (Å²) < 4.78 is 18.1. The molecule has 5 aromatic rings. The van der Waals surface area contributed by atoms with E-state index >= 15 is 0 Å². The van der Waals surface area contributed by atoms with Gasteiger partial charge < -0.3 is 14.0 Å². The highest BCUT2D eigenvalue weighted by Crippen LogP contribution is 2.39. The number of esters is 1. The molecular formula is C30H25Cl2NO4S. The standard InChI is InChI=1S/C30H25Cl2NO4S/c1-3-6-25-22(29(33-37-25)28-23(31)7-5-8-24(28)32)17-36-21-13-14-26-20(15-21)16-27(38-26)18-9-11-19(12-10-18)30(34)35-4-2/h5,7-16H,3-4,6,17H2,1-2H3. The second-order valence-corrected chi connectivity index (χ2v) is 10.6. The van der Waals surface area contributed by atoms with E-state index in [1.807, 2.05) is 24.3 Å². The molecular weight excluding hydrogens is 541 g/mol. The second kappa shape index (κ2) is 11.6. The summed E-state index contributed by atoms with van der Waals surface area (Å²) in [6.45, 7) is 4.51. The monoisotopic (exact) mass is 565 g/mol. The van der Waals surface area contributed by atoms with E-state index in [0.717, 1.165) is 50.4 Å². The molecule has 0 aliphatic carbocycles. The third-order valence-electron chi connectivity index (χ3n) is 6.10. The summed E-state index contributed by atoms with van der Waals surface area (Å²) in [4.78, 5) is 13.1. The van der Waals surface area contributed by atoms with Crippen molar-refractivity contribution in [1.29, 1.82) is 0 Å². The minimum absolute atomic E-state index is 0.271. The highest BCUT2D eigenvalue weighted by molar-refractivity contribution is 7.22. The molecule has 0 amide bonds. The molecule has 0 unspecified atom stereocenters. The molecule has 0 fully saturated rings. The van der Waals surface area contributed by atoms with E-state index in [0.29, 0.717) is 33.5 Å². The Morgan fingerprint density at radius 3 is 2.47 bits per heavy atom. The van der Waals surface area contributed by atoms with Gasteiger partial charge in [0.25, 0.3) is 0 Å². The normalized spacial score (nSPS) is 11.2. The lowest BCUT2D eigenvalue weighted by Crippen LogP contribution is -2.03. The number of benzene rings is 3. The Bertz CT molecular complexity index is 1570. The van der Waals surface area contributed by atoms with Crippen molar-refractivity contribution in [2.75, 3.05) is 6.61 Å². The average Bonchev–Trinajstić information content (AvgIpc) is 3.52. The maximum Gasteiger partial charge on any atom is 0.338 e. The molecule has 3 aromatic carbocycles. The molecule has 5 nitrogen and oxygen atoms in total. The number of ether oxygens (including phenoxy) is 2. The fourth-order valence-corrected chi connectivity index (χ4v) is 5.85. The molecule has 5 rings (SSSR count). The van der Waals surface area contributed by atoms with Gasteiger partial charge in [-0.25, -0.2) is 4.79 Å². The van der Waals surface area contributed by atoms with Gasteiger partial charge in [-0.05, 0) is 72.8 Å². The van der Waals surface area contributed by atoms with Crippen LogP contribution in [0.4, 0.5) is 0 Å². The molecule has 0 spiro atoms. The number of aromatic nitrogens is 1. The van der Waals surface area contributed by atoms with Gasteiger partial charge in [0.2, 0.25) is 0 Å². The number of hydrogen-bond acceptors (Lipinski definition) is 6. The van der Waals surface area contributed by atoms with Crippen LogP contribution in [0.25, 0.3) is 31.8 Å². The molecule has 2 heterocycles. The van der Waals surface area contributed by atoms with Crippen LogP contribution in [0.1, 0.15) is 41.9 Å². The van der Waals surface area contributed by atoms with E-state index in [-0.39, 0.29) is 12.6 Å². The van der Waals surface area contributed by atoms with Gasteiger partial charge in [-0.3, -0.25) is 0 Å². The Labute approximate surface area is 234 Å².